The molecule has 1 amide bonds. The molecule has 7 heteroatoms. The van der Waals surface area contributed by atoms with Gasteiger partial charge in [0.05, 0.1) is 6.10 Å². The van der Waals surface area contributed by atoms with Crippen molar-refractivity contribution in [2.24, 2.45) is 0 Å². The number of aryl methyl sites for hydroxylation is 1. The second-order valence-corrected chi connectivity index (χ2v) is 6.80. The van der Waals surface area contributed by atoms with Crippen molar-refractivity contribution in [1.82, 2.24) is 19.8 Å². The van der Waals surface area contributed by atoms with Crippen molar-refractivity contribution in [3.05, 3.63) is 17.1 Å². The maximum Gasteiger partial charge on any atom is 0.291 e. The zero-order chi connectivity index (χ0) is 16.7. The number of anilines is 1. The highest BCUT2D eigenvalue weighted by Gasteiger charge is 2.33. The average Bonchev–Trinajstić information content (AvgIpc) is 2.96. The molecule has 1 N–H and O–H groups in total. The number of carbonyl (C=O) groups is 1. The minimum absolute atomic E-state index is 0.192. The number of likely N-dealkylation sites (N-methyl/N-ethyl adjacent to an activating group) is 1. The number of likely N-dealkylation sites (tertiary alicyclic amines) is 1. The Hall–Kier alpha value is -1.73. The Bertz CT molecular complexity index is 613. The Labute approximate surface area is 136 Å². The third-order valence-electron chi connectivity index (χ3n) is 4.90. The van der Waals surface area contributed by atoms with Gasteiger partial charge < -0.3 is 19.8 Å². The first-order valence-electron chi connectivity index (χ1n) is 8.10. The molecule has 7 nitrogen and oxygen atoms in total. The van der Waals surface area contributed by atoms with Crippen molar-refractivity contribution in [2.45, 2.75) is 32.4 Å². The van der Waals surface area contributed by atoms with Gasteiger partial charge in [-0.25, -0.2) is 9.97 Å². The van der Waals surface area contributed by atoms with Gasteiger partial charge in [-0.05, 0) is 34.4 Å². The van der Waals surface area contributed by atoms with Gasteiger partial charge in [0.25, 0.3) is 5.91 Å². The maximum atomic E-state index is 12.4. The van der Waals surface area contributed by atoms with E-state index in [1.165, 1.54) is 0 Å². The Balaban J connectivity index is 1.84. The summed E-state index contributed by atoms with van der Waals surface area (Å²) >= 11 is 0. The summed E-state index contributed by atoms with van der Waals surface area (Å²) < 4.78 is 0. The van der Waals surface area contributed by atoms with Crippen LogP contribution >= 0.6 is 0 Å². The normalized spacial score (nSPS) is 21.9. The molecular formula is C16H25N5O2. The second-order valence-electron chi connectivity index (χ2n) is 6.80. The molecule has 0 aromatic carbocycles. The van der Waals surface area contributed by atoms with Gasteiger partial charge in [0, 0.05) is 43.5 Å². The third-order valence-corrected chi connectivity index (χ3v) is 4.90. The molecule has 0 bridgehead atoms. The largest absolute Gasteiger partial charge is 0.389 e. The lowest BCUT2D eigenvalue weighted by Crippen LogP contribution is -2.53. The molecule has 2 aliphatic heterocycles. The molecule has 2 fully saturated rings. The molecule has 2 aliphatic rings. The number of amides is 1. The van der Waals surface area contributed by atoms with Crippen LogP contribution in [0, 0.1) is 13.8 Å². The first kappa shape index (κ1) is 16.1. The van der Waals surface area contributed by atoms with E-state index in [1.807, 2.05) is 13.8 Å². The molecule has 0 radical (unpaired) electrons. The number of aromatic nitrogens is 2. The third kappa shape index (κ3) is 3.03. The fraction of sp³-hybridized carbons (Fsp3) is 0.688. The summed E-state index contributed by atoms with van der Waals surface area (Å²) in [6, 6.07) is 0.509. The summed E-state index contributed by atoms with van der Waals surface area (Å²) in [7, 11) is 4.19. The van der Waals surface area contributed by atoms with E-state index in [0.29, 0.717) is 19.1 Å². The highest BCUT2D eigenvalue weighted by molar-refractivity contribution is 5.91. The smallest absolute Gasteiger partial charge is 0.291 e. The number of aliphatic hydroxyl groups excluding tert-OH is 1. The van der Waals surface area contributed by atoms with Gasteiger partial charge >= 0.3 is 0 Å². The van der Waals surface area contributed by atoms with Crippen LogP contribution in [0.5, 0.6) is 0 Å². The van der Waals surface area contributed by atoms with Crippen molar-refractivity contribution in [3.63, 3.8) is 0 Å². The highest BCUT2D eigenvalue weighted by Crippen LogP contribution is 2.25. The van der Waals surface area contributed by atoms with Gasteiger partial charge in [-0.1, -0.05) is 0 Å². The minimum Gasteiger partial charge on any atom is -0.389 e. The molecule has 1 atom stereocenters. The highest BCUT2D eigenvalue weighted by atomic mass is 16.3. The molecule has 0 saturated carbocycles. The Morgan fingerprint density at radius 3 is 2.48 bits per heavy atom. The summed E-state index contributed by atoms with van der Waals surface area (Å²) in [5, 5.41) is 9.37. The molecule has 0 aliphatic carbocycles. The standard InChI is InChI=1S/C16H25N5O2/c1-10-11(2)17-14(16(23)21-8-13(22)9-21)18-15(10)20-6-5-12(7-20)19(3)4/h12-13,22H,5-9H2,1-4H3/t12-/m1/s1. The van der Waals surface area contributed by atoms with Crippen molar-refractivity contribution < 1.29 is 9.90 Å². The number of hydrogen-bond donors (Lipinski definition) is 1. The van der Waals surface area contributed by atoms with Gasteiger partial charge in [0.15, 0.2) is 0 Å². The summed E-state index contributed by atoms with van der Waals surface area (Å²) in [6.07, 6.45) is 0.682. The van der Waals surface area contributed by atoms with Crippen LogP contribution in [0.1, 0.15) is 28.3 Å². The van der Waals surface area contributed by atoms with Gasteiger partial charge in [-0.15, -0.1) is 0 Å². The fourth-order valence-electron chi connectivity index (χ4n) is 3.14. The first-order chi connectivity index (χ1) is 10.9. The SMILES string of the molecule is Cc1nc(C(=O)N2CC(O)C2)nc(N2CC[C@@H](N(C)C)C2)c1C. The monoisotopic (exact) mass is 319 g/mol. The van der Waals surface area contributed by atoms with Gasteiger partial charge in [0.2, 0.25) is 5.82 Å². The minimum atomic E-state index is -0.413. The van der Waals surface area contributed by atoms with Crippen molar-refractivity contribution in [2.75, 3.05) is 45.2 Å². The number of hydrogen-bond acceptors (Lipinski definition) is 6. The number of rotatable bonds is 3. The molecule has 0 unspecified atom stereocenters. The number of nitrogens with zero attached hydrogens (tertiary/aromatic N) is 5. The number of aliphatic hydroxyl groups is 1. The predicted molar refractivity (Wildman–Crippen MR) is 87.7 cm³/mol. The summed E-state index contributed by atoms with van der Waals surface area (Å²) in [5.74, 6) is 0.914. The summed E-state index contributed by atoms with van der Waals surface area (Å²) in [5.41, 5.74) is 1.87. The quantitative estimate of drug-likeness (QED) is 0.849. The lowest BCUT2D eigenvalue weighted by atomic mass is 10.1. The molecule has 23 heavy (non-hydrogen) atoms. The van der Waals surface area contributed by atoms with E-state index in [9.17, 15) is 9.90 Å². The van der Waals surface area contributed by atoms with Crippen molar-refractivity contribution >= 4 is 11.7 Å². The molecule has 3 heterocycles. The van der Waals surface area contributed by atoms with E-state index in [-0.39, 0.29) is 11.7 Å². The van der Waals surface area contributed by atoms with Crippen LogP contribution in [-0.2, 0) is 0 Å². The van der Waals surface area contributed by atoms with Crippen LogP contribution in [0.2, 0.25) is 0 Å². The molecule has 2 saturated heterocycles. The lowest BCUT2D eigenvalue weighted by Gasteiger charge is -2.35. The molecule has 1 aromatic rings. The van der Waals surface area contributed by atoms with Gasteiger partial charge in [-0.2, -0.15) is 0 Å². The van der Waals surface area contributed by atoms with Crippen molar-refractivity contribution in [3.8, 4) is 0 Å². The van der Waals surface area contributed by atoms with Crippen LogP contribution < -0.4 is 4.90 Å². The van der Waals surface area contributed by atoms with Crippen LogP contribution in [0.3, 0.4) is 0 Å². The molecule has 1 aromatic heterocycles. The van der Waals surface area contributed by atoms with Crippen LogP contribution in [0.25, 0.3) is 0 Å². The Kier molecular flexibility index (Phi) is 4.25. The summed E-state index contributed by atoms with van der Waals surface area (Å²) in [6.45, 7) is 6.53. The molecule has 126 valence electrons. The zero-order valence-corrected chi connectivity index (χ0v) is 14.3. The summed E-state index contributed by atoms with van der Waals surface area (Å²) in [4.78, 5) is 27.4. The van der Waals surface area contributed by atoms with Gasteiger partial charge in [-0.3, -0.25) is 4.79 Å². The predicted octanol–water partition coefficient (Wildman–Crippen LogP) is 0.0504. The van der Waals surface area contributed by atoms with Crippen LogP contribution in [-0.4, -0.2) is 83.2 Å². The van der Waals surface area contributed by atoms with E-state index >= 15 is 0 Å². The number of β-amino-alcohol motifs (C(OH)–C–C–N with tert-alkyl or cyclic N) is 1. The molecular weight excluding hydrogens is 294 g/mol. The average molecular weight is 319 g/mol. The van der Waals surface area contributed by atoms with Crippen LogP contribution in [0.15, 0.2) is 0 Å². The second kappa shape index (κ2) is 6.05. The zero-order valence-electron chi connectivity index (χ0n) is 14.3. The van der Waals surface area contributed by atoms with E-state index in [1.54, 1.807) is 4.90 Å². The Morgan fingerprint density at radius 1 is 1.22 bits per heavy atom. The number of carbonyl (C=O) groups excluding carboxylic acids is 1. The fourth-order valence-corrected chi connectivity index (χ4v) is 3.14. The van der Waals surface area contributed by atoms with E-state index in [2.05, 4.69) is 33.9 Å². The van der Waals surface area contributed by atoms with Crippen molar-refractivity contribution in [1.29, 1.82) is 0 Å². The van der Waals surface area contributed by atoms with E-state index in [0.717, 1.165) is 36.6 Å². The lowest BCUT2D eigenvalue weighted by molar-refractivity contribution is 0.00507. The van der Waals surface area contributed by atoms with E-state index < -0.39 is 6.10 Å². The van der Waals surface area contributed by atoms with E-state index in [4.69, 9.17) is 0 Å². The Morgan fingerprint density at radius 2 is 1.91 bits per heavy atom. The molecule has 0 spiro atoms. The maximum absolute atomic E-state index is 12.4. The molecule has 3 rings (SSSR count). The first-order valence-corrected chi connectivity index (χ1v) is 8.10. The van der Waals surface area contributed by atoms with Gasteiger partial charge in [0.1, 0.15) is 5.82 Å². The topological polar surface area (TPSA) is 72.8 Å². The van der Waals surface area contributed by atoms with Crippen LogP contribution in [0.4, 0.5) is 5.82 Å².